The van der Waals surface area contributed by atoms with Crippen LogP contribution < -0.4 is 5.32 Å². The summed E-state index contributed by atoms with van der Waals surface area (Å²) in [6.45, 7) is 2.40. The number of hydrogen-bond acceptors (Lipinski definition) is 3. The van der Waals surface area contributed by atoms with Crippen molar-refractivity contribution in [2.45, 2.75) is 13.3 Å². The van der Waals surface area contributed by atoms with Gasteiger partial charge in [-0.05, 0) is 37.1 Å². The fourth-order valence-corrected chi connectivity index (χ4v) is 2.45. The highest BCUT2D eigenvalue weighted by molar-refractivity contribution is 5.98. The largest absolute Gasteiger partial charge is 0.508 e. The molecule has 0 saturated carbocycles. The van der Waals surface area contributed by atoms with Crippen molar-refractivity contribution in [2.24, 2.45) is 0 Å². The van der Waals surface area contributed by atoms with Gasteiger partial charge in [-0.1, -0.05) is 30.3 Å². The van der Waals surface area contributed by atoms with Gasteiger partial charge in [-0.3, -0.25) is 4.79 Å². The fraction of sp³-hybridized carbons (Fsp3) is 0.167. The van der Waals surface area contributed by atoms with E-state index in [2.05, 4.69) is 5.32 Å². The molecule has 0 aliphatic heterocycles. The second-order valence-corrected chi connectivity index (χ2v) is 5.22. The molecule has 1 heterocycles. The summed E-state index contributed by atoms with van der Waals surface area (Å²) >= 11 is 0. The van der Waals surface area contributed by atoms with E-state index in [0.29, 0.717) is 18.7 Å². The zero-order valence-electron chi connectivity index (χ0n) is 12.3. The van der Waals surface area contributed by atoms with Gasteiger partial charge < -0.3 is 14.8 Å². The first-order valence-corrected chi connectivity index (χ1v) is 7.19. The zero-order valence-corrected chi connectivity index (χ0v) is 12.3. The first-order chi connectivity index (χ1) is 10.6. The van der Waals surface area contributed by atoms with Gasteiger partial charge in [0.25, 0.3) is 5.91 Å². The Morgan fingerprint density at radius 1 is 1.14 bits per heavy atom. The lowest BCUT2D eigenvalue weighted by Crippen LogP contribution is -2.25. The Morgan fingerprint density at radius 3 is 2.59 bits per heavy atom. The van der Waals surface area contributed by atoms with Gasteiger partial charge in [0.1, 0.15) is 11.3 Å². The topological polar surface area (TPSA) is 62.5 Å². The second-order valence-electron chi connectivity index (χ2n) is 5.22. The van der Waals surface area contributed by atoms with Crippen LogP contribution in [0, 0.1) is 6.92 Å². The fourth-order valence-electron chi connectivity index (χ4n) is 2.45. The summed E-state index contributed by atoms with van der Waals surface area (Å²) in [5.74, 6) is 0.407. The van der Waals surface area contributed by atoms with E-state index >= 15 is 0 Å². The number of furan rings is 1. The number of fused-ring (bicyclic) bond motifs is 1. The number of aromatic hydroxyl groups is 1. The Labute approximate surface area is 128 Å². The van der Waals surface area contributed by atoms with Crippen LogP contribution in [0.2, 0.25) is 0 Å². The second kappa shape index (κ2) is 5.93. The molecule has 0 saturated heterocycles. The lowest BCUT2D eigenvalue weighted by Gasteiger charge is -2.04. The molecule has 0 fully saturated rings. The molecule has 0 radical (unpaired) electrons. The maximum Gasteiger partial charge on any atom is 0.287 e. The maximum absolute atomic E-state index is 12.2. The van der Waals surface area contributed by atoms with E-state index in [1.165, 1.54) is 0 Å². The highest BCUT2D eigenvalue weighted by Gasteiger charge is 2.16. The van der Waals surface area contributed by atoms with Crippen molar-refractivity contribution in [1.29, 1.82) is 0 Å². The maximum atomic E-state index is 12.2. The van der Waals surface area contributed by atoms with Crippen molar-refractivity contribution in [1.82, 2.24) is 5.32 Å². The number of carbonyl (C=O) groups is 1. The normalized spacial score (nSPS) is 10.8. The summed E-state index contributed by atoms with van der Waals surface area (Å²) < 4.78 is 5.63. The Morgan fingerprint density at radius 2 is 1.86 bits per heavy atom. The van der Waals surface area contributed by atoms with Crippen molar-refractivity contribution < 1.29 is 14.3 Å². The molecule has 0 spiro atoms. The van der Waals surface area contributed by atoms with E-state index in [0.717, 1.165) is 22.1 Å². The van der Waals surface area contributed by atoms with E-state index in [4.69, 9.17) is 4.42 Å². The molecule has 112 valence electrons. The molecule has 3 rings (SSSR count). The number of phenols is 1. The zero-order chi connectivity index (χ0) is 15.5. The molecule has 4 heteroatoms. The first kappa shape index (κ1) is 14.2. The van der Waals surface area contributed by atoms with Crippen LogP contribution in [0.5, 0.6) is 5.75 Å². The van der Waals surface area contributed by atoms with E-state index in [1.54, 1.807) is 12.1 Å². The summed E-state index contributed by atoms with van der Waals surface area (Å²) in [4.78, 5) is 12.2. The number of amides is 1. The van der Waals surface area contributed by atoms with Crippen molar-refractivity contribution >= 4 is 16.9 Å². The molecule has 1 amide bonds. The van der Waals surface area contributed by atoms with E-state index < -0.39 is 0 Å². The van der Waals surface area contributed by atoms with Crippen LogP contribution in [0.3, 0.4) is 0 Å². The quantitative estimate of drug-likeness (QED) is 0.775. The standard InChI is InChI=1S/C18H17NO3/c1-12-15-4-2-3-5-16(15)22-17(12)18(21)19-11-10-13-6-8-14(20)9-7-13/h2-9,20H,10-11H2,1H3,(H,19,21). The molecule has 4 nitrogen and oxygen atoms in total. The van der Waals surface area contributed by atoms with E-state index in [9.17, 15) is 9.90 Å². The number of carbonyl (C=O) groups excluding carboxylic acids is 1. The highest BCUT2D eigenvalue weighted by Crippen LogP contribution is 2.24. The predicted molar refractivity (Wildman–Crippen MR) is 85.1 cm³/mol. The number of phenolic OH excluding ortho intramolecular Hbond substituents is 1. The van der Waals surface area contributed by atoms with E-state index in [-0.39, 0.29) is 11.7 Å². The minimum atomic E-state index is -0.201. The molecule has 0 unspecified atom stereocenters. The molecule has 1 aromatic heterocycles. The molecule has 22 heavy (non-hydrogen) atoms. The van der Waals surface area contributed by atoms with Crippen molar-refractivity contribution in [3.8, 4) is 5.75 Å². The van der Waals surface area contributed by atoms with Gasteiger partial charge in [0, 0.05) is 17.5 Å². The van der Waals surface area contributed by atoms with Crippen molar-refractivity contribution in [2.75, 3.05) is 6.54 Å². The Kier molecular flexibility index (Phi) is 3.83. The van der Waals surface area contributed by atoms with E-state index in [1.807, 2.05) is 43.3 Å². The van der Waals surface area contributed by atoms with Crippen molar-refractivity contribution in [3.05, 3.63) is 65.4 Å². The van der Waals surface area contributed by atoms with Crippen LogP contribution in [0.1, 0.15) is 21.7 Å². The number of benzene rings is 2. The Hall–Kier alpha value is -2.75. The summed E-state index contributed by atoms with van der Waals surface area (Å²) in [6.07, 6.45) is 0.700. The molecular weight excluding hydrogens is 278 g/mol. The molecule has 2 N–H and O–H groups in total. The first-order valence-electron chi connectivity index (χ1n) is 7.19. The van der Waals surface area contributed by atoms with Gasteiger partial charge in [0.15, 0.2) is 5.76 Å². The summed E-state index contributed by atoms with van der Waals surface area (Å²) in [7, 11) is 0. The summed E-state index contributed by atoms with van der Waals surface area (Å²) in [5, 5.41) is 13.1. The molecule has 0 aliphatic rings. The highest BCUT2D eigenvalue weighted by atomic mass is 16.3. The average molecular weight is 295 g/mol. The lowest BCUT2D eigenvalue weighted by molar-refractivity contribution is 0.0928. The van der Waals surface area contributed by atoms with Crippen LogP contribution >= 0.6 is 0 Å². The average Bonchev–Trinajstić information content (AvgIpc) is 2.87. The number of aryl methyl sites for hydroxylation is 1. The minimum Gasteiger partial charge on any atom is -0.508 e. The molecule has 2 aromatic carbocycles. The third-order valence-electron chi connectivity index (χ3n) is 3.69. The number of para-hydroxylation sites is 1. The third kappa shape index (κ3) is 2.81. The van der Waals surface area contributed by atoms with Crippen LogP contribution in [0.15, 0.2) is 52.9 Å². The Balaban J connectivity index is 1.66. The van der Waals surface area contributed by atoms with Crippen LogP contribution in [0.4, 0.5) is 0 Å². The molecule has 0 bridgehead atoms. The SMILES string of the molecule is Cc1c(C(=O)NCCc2ccc(O)cc2)oc2ccccc12. The monoisotopic (exact) mass is 295 g/mol. The van der Waals surface area contributed by atoms with Gasteiger partial charge in [0.2, 0.25) is 0 Å². The van der Waals surface area contributed by atoms with Gasteiger partial charge in [-0.15, -0.1) is 0 Å². The third-order valence-corrected chi connectivity index (χ3v) is 3.69. The molecule has 0 aliphatic carbocycles. The van der Waals surface area contributed by atoms with Crippen LogP contribution in [-0.2, 0) is 6.42 Å². The van der Waals surface area contributed by atoms with Gasteiger partial charge in [0.05, 0.1) is 0 Å². The summed E-state index contributed by atoms with van der Waals surface area (Å²) in [5.41, 5.74) is 2.64. The van der Waals surface area contributed by atoms with Crippen LogP contribution in [-0.4, -0.2) is 17.6 Å². The number of hydrogen-bond donors (Lipinski definition) is 2. The van der Waals surface area contributed by atoms with Gasteiger partial charge in [-0.2, -0.15) is 0 Å². The molecule has 3 aromatic rings. The Bertz CT molecular complexity index is 803. The van der Waals surface area contributed by atoms with Gasteiger partial charge >= 0.3 is 0 Å². The molecule has 0 atom stereocenters. The van der Waals surface area contributed by atoms with Crippen LogP contribution in [0.25, 0.3) is 11.0 Å². The summed E-state index contributed by atoms with van der Waals surface area (Å²) in [6, 6.07) is 14.6. The molecular formula is C18H17NO3. The predicted octanol–water partition coefficient (Wildman–Crippen LogP) is 3.42. The van der Waals surface area contributed by atoms with Gasteiger partial charge in [-0.25, -0.2) is 0 Å². The number of rotatable bonds is 4. The smallest absolute Gasteiger partial charge is 0.287 e. The minimum absolute atomic E-state index is 0.201. The lowest BCUT2D eigenvalue weighted by atomic mass is 10.1. The number of nitrogens with one attached hydrogen (secondary N) is 1. The van der Waals surface area contributed by atoms with Crippen molar-refractivity contribution in [3.63, 3.8) is 0 Å².